The highest BCUT2D eigenvalue weighted by Crippen LogP contribution is 2.20. The second-order valence-corrected chi connectivity index (χ2v) is 3.72. The average Bonchev–Trinajstić information content (AvgIpc) is 2.29. The zero-order valence-electron chi connectivity index (χ0n) is 9.43. The Labute approximate surface area is 90.5 Å². The van der Waals surface area contributed by atoms with E-state index in [1.807, 2.05) is 0 Å². The topological polar surface area (TPSA) is 49.8 Å². The molecule has 2 N–H and O–H groups in total. The van der Waals surface area contributed by atoms with Gasteiger partial charge in [-0.05, 0) is 19.9 Å². The van der Waals surface area contributed by atoms with Crippen LogP contribution in [0, 0.1) is 0 Å². The molecule has 0 bridgehead atoms. The van der Waals surface area contributed by atoms with Gasteiger partial charge in [-0.2, -0.15) is 0 Å². The molecule has 4 heteroatoms. The maximum Gasteiger partial charge on any atom is 0.133 e. The second kappa shape index (κ2) is 4.57. The lowest BCUT2D eigenvalue weighted by atomic mass is 10.1. The number of nitrogens with zero attached hydrogens (tertiary/aromatic N) is 2. The Balaban J connectivity index is 2.41. The zero-order chi connectivity index (χ0) is 10.7. The van der Waals surface area contributed by atoms with Gasteiger partial charge in [0.1, 0.15) is 11.6 Å². The molecule has 4 nitrogen and oxygen atoms in total. The molecule has 1 aliphatic rings. The molecule has 2 heterocycles. The first kappa shape index (κ1) is 10.4. The summed E-state index contributed by atoms with van der Waals surface area (Å²) >= 11 is 0. The minimum Gasteiger partial charge on any atom is -0.370 e. The van der Waals surface area contributed by atoms with Crippen molar-refractivity contribution in [2.45, 2.75) is 33.2 Å². The van der Waals surface area contributed by atoms with Gasteiger partial charge < -0.3 is 10.6 Å². The van der Waals surface area contributed by atoms with E-state index < -0.39 is 0 Å². The van der Waals surface area contributed by atoms with Gasteiger partial charge in [0.2, 0.25) is 0 Å². The van der Waals surface area contributed by atoms with E-state index in [0.29, 0.717) is 0 Å². The minimum atomic E-state index is 0.878. The van der Waals surface area contributed by atoms with Crippen molar-refractivity contribution in [1.29, 1.82) is 0 Å². The van der Waals surface area contributed by atoms with E-state index in [2.05, 4.69) is 34.4 Å². The zero-order valence-corrected chi connectivity index (χ0v) is 9.43. The van der Waals surface area contributed by atoms with Crippen molar-refractivity contribution >= 4 is 5.82 Å². The smallest absolute Gasteiger partial charge is 0.133 e. The lowest BCUT2D eigenvalue weighted by Gasteiger charge is -2.20. The lowest BCUT2D eigenvalue weighted by Crippen LogP contribution is -2.27. The van der Waals surface area contributed by atoms with Gasteiger partial charge in [0.15, 0.2) is 0 Å². The van der Waals surface area contributed by atoms with Gasteiger partial charge in [-0.3, -0.25) is 0 Å². The van der Waals surface area contributed by atoms with E-state index in [9.17, 15) is 0 Å². The van der Waals surface area contributed by atoms with Crippen molar-refractivity contribution in [2.75, 3.05) is 18.4 Å². The number of anilines is 1. The van der Waals surface area contributed by atoms with Crippen LogP contribution in [0.15, 0.2) is 0 Å². The third-order valence-corrected chi connectivity index (χ3v) is 2.64. The SMILES string of the molecule is CCNc1nc(CC)nc2c1CCNC2. The van der Waals surface area contributed by atoms with E-state index >= 15 is 0 Å². The summed E-state index contributed by atoms with van der Waals surface area (Å²) in [6, 6.07) is 0. The minimum absolute atomic E-state index is 0.878. The van der Waals surface area contributed by atoms with Crippen molar-refractivity contribution in [2.24, 2.45) is 0 Å². The molecule has 0 aliphatic carbocycles. The Kier molecular flexibility index (Phi) is 3.16. The number of rotatable bonds is 3. The highest BCUT2D eigenvalue weighted by atomic mass is 15.0. The molecule has 15 heavy (non-hydrogen) atoms. The van der Waals surface area contributed by atoms with E-state index in [4.69, 9.17) is 0 Å². The second-order valence-electron chi connectivity index (χ2n) is 3.72. The molecular weight excluding hydrogens is 188 g/mol. The highest BCUT2D eigenvalue weighted by molar-refractivity contribution is 5.47. The normalized spacial score (nSPS) is 14.8. The summed E-state index contributed by atoms with van der Waals surface area (Å²) in [5.74, 6) is 1.98. The molecule has 0 unspecified atom stereocenters. The van der Waals surface area contributed by atoms with Crippen LogP contribution in [-0.4, -0.2) is 23.1 Å². The lowest BCUT2D eigenvalue weighted by molar-refractivity contribution is 0.618. The summed E-state index contributed by atoms with van der Waals surface area (Å²) in [7, 11) is 0. The fourth-order valence-corrected chi connectivity index (χ4v) is 1.88. The van der Waals surface area contributed by atoms with Gasteiger partial charge in [0, 0.05) is 25.1 Å². The summed E-state index contributed by atoms with van der Waals surface area (Å²) in [5, 5.41) is 6.67. The van der Waals surface area contributed by atoms with Gasteiger partial charge in [-0.15, -0.1) is 0 Å². The summed E-state index contributed by atoms with van der Waals surface area (Å²) in [6.07, 6.45) is 1.92. The highest BCUT2D eigenvalue weighted by Gasteiger charge is 2.16. The molecular formula is C11H18N4. The Morgan fingerprint density at radius 2 is 2.20 bits per heavy atom. The van der Waals surface area contributed by atoms with Crippen LogP contribution in [-0.2, 0) is 19.4 Å². The molecule has 0 radical (unpaired) electrons. The van der Waals surface area contributed by atoms with Gasteiger partial charge in [-0.1, -0.05) is 6.92 Å². The summed E-state index contributed by atoms with van der Waals surface area (Å²) < 4.78 is 0. The first-order valence-electron chi connectivity index (χ1n) is 5.68. The fourth-order valence-electron chi connectivity index (χ4n) is 1.88. The number of hydrogen-bond donors (Lipinski definition) is 2. The Bertz CT molecular complexity index is 349. The van der Waals surface area contributed by atoms with Crippen molar-refractivity contribution in [1.82, 2.24) is 15.3 Å². The first-order chi connectivity index (χ1) is 7.35. The number of nitrogens with one attached hydrogen (secondary N) is 2. The fraction of sp³-hybridized carbons (Fsp3) is 0.636. The molecule has 1 aromatic rings. The van der Waals surface area contributed by atoms with E-state index in [-0.39, 0.29) is 0 Å². The maximum absolute atomic E-state index is 4.56. The number of fused-ring (bicyclic) bond motifs is 1. The van der Waals surface area contributed by atoms with Crippen molar-refractivity contribution in [3.8, 4) is 0 Å². The summed E-state index contributed by atoms with van der Waals surface area (Å²) in [5.41, 5.74) is 2.47. The number of aromatic nitrogens is 2. The van der Waals surface area contributed by atoms with Crippen LogP contribution < -0.4 is 10.6 Å². The van der Waals surface area contributed by atoms with Gasteiger partial charge in [0.25, 0.3) is 0 Å². The largest absolute Gasteiger partial charge is 0.370 e. The molecule has 0 aromatic carbocycles. The van der Waals surface area contributed by atoms with Gasteiger partial charge in [-0.25, -0.2) is 9.97 Å². The van der Waals surface area contributed by atoms with E-state index in [1.54, 1.807) is 0 Å². The van der Waals surface area contributed by atoms with E-state index in [0.717, 1.165) is 44.1 Å². The molecule has 0 saturated heterocycles. The van der Waals surface area contributed by atoms with Crippen LogP contribution in [0.3, 0.4) is 0 Å². The number of aryl methyl sites for hydroxylation is 1. The van der Waals surface area contributed by atoms with Crippen LogP contribution in [0.2, 0.25) is 0 Å². The van der Waals surface area contributed by atoms with Crippen LogP contribution in [0.1, 0.15) is 30.9 Å². The predicted molar refractivity (Wildman–Crippen MR) is 61.0 cm³/mol. The van der Waals surface area contributed by atoms with Crippen molar-refractivity contribution in [3.05, 3.63) is 17.1 Å². The third kappa shape index (κ3) is 2.09. The molecule has 2 rings (SSSR count). The van der Waals surface area contributed by atoms with Crippen molar-refractivity contribution < 1.29 is 0 Å². The molecule has 1 aliphatic heterocycles. The van der Waals surface area contributed by atoms with E-state index in [1.165, 1.54) is 11.3 Å². The monoisotopic (exact) mass is 206 g/mol. The summed E-state index contributed by atoms with van der Waals surface area (Å²) in [6.45, 7) is 7.01. The molecule has 0 spiro atoms. The Morgan fingerprint density at radius 3 is 2.93 bits per heavy atom. The third-order valence-electron chi connectivity index (χ3n) is 2.64. The molecule has 82 valence electrons. The van der Waals surface area contributed by atoms with Gasteiger partial charge >= 0.3 is 0 Å². The first-order valence-corrected chi connectivity index (χ1v) is 5.68. The van der Waals surface area contributed by atoms with Crippen LogP contribution in [0.25, 0.3) is 0 Å². The molecule has 0 saturated carbocycles. The Morgan fingerprint density at radius 1 is 1.33 bits per heavy atom. The molecule has 1 aromatic heterocycles. The van der Waals surface area contributed by atoms with Crippen LogP contribution in [0.4, 0.5) is 5.82 Å². The van der Waals surface area contributed by atoms with Crippen molar-refractivity contribution in [3.63, 3.8) is 0 Å². The molecule has 0 atom stereocenters. The predicted octanol–water partition coefficient (Wildman–Crippen LogP) is 1.12. The van der Waals surface area contributed by atoms with Crippen LogP contribution in [0.5, 0.6) is 0 Å². The summed E-state index contributed by atoms with van der Waals surface area (Å²) in [4.78, 5) is 9.11. The van der Waals surface area contributed by atoms with Gasteiger partial charge in [0.05, 0.1) is 5.69 Å². The average molecular weight is 206 g/mol. The Hall–Kier alpha value is -1.16. The quantitative estimate of drug-likeness (QED) is 0.778. The maximum atomic E-state index is 4.56. The molecule has 0 fully saturated rings. The standard InChI is InChI=1S/C11H18N4/c1-3-10-14-9-7-12-6-5-8(9)11(15-10)13-4-2/h12H,3-7H2,1-2H3,(H,13,14,15). The van der Waals surface area contributed by atoms with Crippen LogP contribution >= 0.6 is 0 Å². The molecule has 0 amide bonds. The number of hydrogen-bond acceptors (Lipinski definition) is 4.